The summed E-state index contributed by atoms with van der Waals surface area (Å²) in [6, 6.07) is 0. The van der Waals surface area contributed by atoms with Crippen LogP contribution in [-0.2, 0) is 44.1 Å². The molecule has 0 aromatic rings. The van der Waals surface area contributed by atoms with Crippen LogP contribution < -0.4 is 0 Å². The zero-order chi connectivity index (χ0) is 2.71. The zero-order valence-corrected chi connectivity index (χ0v) is 7.38. The Bertz CT molecular complexity index is 17.1. The van der Waals surface area contributed by atoms with Crippen LogP contribution in [0.3, 0.4) is 0 Å². The summed E-state index contributed by atoms with van der Waals surface area (Å²) in [6.07, 6.45) is 0. The molecule has 0 saturated heterocycles. The fraction of sp³-hybridized carbons (Fsp3) is 0. The van der Waals surface area contributed by atoms with Gasteiger partial charge in [-0.3, -0.25) is 0 Å². The third-order valence-corrected chi connectivity index (χ3v) is 0. The Morgan fingerprint density at radius 3 is 1.60 bits per heavy atom. The van der Waals surface area contributed by atoms with Gasteiger partial charge in [0.25, 0.3) is 0 Å². The molecule has 1 radical (unpaired) electrons. The van der Waals surface area contributed by atoms with E-state index in [1.54, 1.807) is 0 Å². The van der Waals surface area contributed by atoms with E-state index >= 15 is 0 Å². The first-order valence-electron chi connectivity index (χ1n) is 0.365. The summed E-state index contributed by atoms with van der Waals surface area (Å²) < 4.78 is 0. The van der Waals surface area contributed by atoms with Crippen molar-refractivity contribution in [2.45, 2.75) is 0 Å². The molecule has 0 aliphatic heterocycles. The fourth-order valence-corrected chi connectivity index (χ4v) is 0. The molecule has 0 aromatic heterocycles. The Morgan fingerprint density at radius 2 is 1.60 bits per heavy atom. The first-order valence-corrected chi connectivity index (χ1v) is 0.365. The van der Waals surface area contributed by atoms with Crippen molar-refractivity contribution in [3.8, 4) is 0 Å². The van der Waals surface area contributed by atoms with Gasteiger partial charge in [0.2, 0.25) is 0 Å². The van der Waals surface area contributed by atoms with Crippen LogP contribution >= 0.6 is 0 Å². The molecule has 0 aliphatic carbocycles. The zero-order valence-electron chi connectivity index (χ0n) is 2.30. The first-order chi connectivity index (χ1) is 1.41. The molecule has 0 aliphatic rings. The average Bonchev–Trinajstić information content (AvgIpc) is 0.918. The SMILES string of the molecule is O=N[O-].[Cd+2].[Co]. The largest absolute Gasteiger partial charge is 2.00 e. The van der Waals surface area contributed by atoms with Crippen LogP contribution in [0.25, 0.3) is 0 Å². The van der Waals surface area contributed by atoms with Crippen molar-refractivity contribution in [2.24, 2.45) is 5.34 Å². The molecule has 3 nitrogen and oxygen atoms in total. The van der Waals surface area contributed by atoms with Crippen molar-refractivity contribution < 1.29 is 44.1 Å². The van der Waals surface area contributed by atoms with E-state index in [-0.39, 0.29) is 44.1 Å². The van der Waals surface area contributed by atoms with Gasteiger partial charge in [0.05, 0.1) is 0 Å². The van der Waals surface area contributed by atoms with Crippen LogP contribution in [0.4, 0.5) is 0 Å². The minimum absolute atomic E-state index is 0. The molecule has 5 heteroatoms. The van der Waals surface area contributed by atoms with E-state index < -0.39 is 0 Å². The van der Waals surface area contributed by atoms with Crippen LogP contribution in [-0.4, -0.2) is 0 Å². The predicted octanol–water partition coefficient (Wildman–Crippen LogP) is 0.246. The fourth-order valence-electron chi connectivity index (χ4n) is 0. The van der Waals surface area contributed by atoms with Crippen LogP contribution in [0.15, 0.2) is 5.34 Å². The van der Waals surface area contributed by atoms with Gasteiger partial charge in [-0.2, -0.15) is 0 Å². The molecule has 0 unspecified atom stereocenters. The van der Waals surface area contributed by atoms with Crippen molar-refractivity contribution in [3.63, 3.8) is 0 Å². The standard InChI is InChI=1S/Cd.Co.HNO2/c;;2-1-3/h;;(H,2,3)/q+2;;/p-1. The molecule has 5 heavy (non-hydrogen) atoms. The predicted molar refractivity (Wildman–Crippen MR) is 9.16 cm³/mol. The maximum absolute atomic E-state index is 8.00. The minimum atomic E-state index is 0. The Morgan fingerprint density at radius 1 is 1.60 bits per heavy atom. The Kier molecular flexibility index (Phi) is 71.9. The molecular formula is CdCoNO2+. The van der Waals surface area contributed by atoms with Gasteiger partial charge in [0.15, 0.2) is 0 Å². The summed E-state index contributed by atoms with van der Waals surface area (Å²) in [7, 11) is 0. The molecule has 0 atom stereocenters. The minimum Gasteiger partial charge on any atom is -0.444 e. The van der Waals surface area contributed by atoms with Crippen LogP contribution in [0.1, 0.15) is 0 Å². The molecule has 0 heterocycles. The van der Waals surface area contributed by atoms with Crippen LogP contribution in [0.2, 0.25) is 0 Å². The molecule has 0 fully saturated rings. The smallest absolute Gasteiger partial charge is 0.444 e. The maximum Gasteiger partial charge on any atom is 2.00 e. The molecule has 0 amide bonds. The molecule has 0 N–H and O–H groups in total. The second-order valence-corrected chi connectivity index (χ2v) is 0.0745. The average molecular weight is 217 g/mol. The molecule has 0 saturated carbocycles. The number of hydrogen-bond donors (Lipinski definition) is 0. The van der Waals surface area contributed by atoms with Crippen LogP contribution in [0.5, 0.6) is 0 Å². The molecule has 0 rings (SSSR count). The van der Waals surface area contributed by atoms with Gasteiger partial charge in [-0.1, -0.05) is 0 Å². The van der Waals surface area contributed by atoms with E-state index in [0.29, 0.717) is 0 Å². The Hall–Kier alpha value is 0.829. The monoisotopic (exact) mass is 219 g/mol. The molecule has 0 aromatic carbocycles. The van der Waals surface area contributed by atoms with Gasteiger partial charge in [0, 0.05) is 16.8 Å². The summed E-state index contributed by atoms with van der Waals surface area (Å²) in [6.45, 7) is 0. The first kappa shape index (κ1) is 17.0. The Labute approximate surface area is 59.4 Å². The summed E-state index contributed by atoms with van der Waals surface area (Å²) in [5.74, 6) is 0. The van der Waals surface area contributed by atoms with Gasteiger partial charge in [-0.15, -0.1) is 5.34 Å². The van der Waals surface area contributed by atoms with E-state index in [9.17, 15) is 0 Å². The van der Waals surface area contributed by atoms with Crippen molar-refractivity contribution >= 4 is 0 Å². The van der Waals surface area contributed by atoms with Gasteiger partial charge >= 0.3 is 27.3 Å². The Balaban J connectivity index is -0.0000000200. The third kappa shape index (κ3) is 56.3. The van der Waals surface area contributed by atoms with E-state index in [4.69, 9.17) is 10.1 Å². The number of rotatable bonds is 0. The summed E-state index contributed by atoms with van der Waals surface area (Å²) >= 11 is 0. The maximum atomic E-state index is 8.00. The van der Waals surface area contributed by atoms with E-state index in [1.165, 1.54) is 0 Å². The topological polar surface area (TPSA) is 52.5 Å². The van der Waals surface area contributed by atoms with Gasteiger partial charge in [0.1, 0.15) is 0 Å². The summed E-state index contributed by atoms with van der Waals surface area (Å²) in [4.78, 5) is 8.00. The van der Waals surface area contributed by atoms with Crippen molar-refractivity contribution in [1.29, 1.82) is 0 Å². The van der Waals surface area contributed by atoms with Gasteiger partial charge in [-0.25, -0.2) is 0 Å². The van der Waals surface area contributed by atoms with Gasteiger partial charge < -0.3 is 10.1 Å². The van der Waals surface area contributed by atoms with E-state index in [2.05, 4.69) is 0 Å². The quantitative estimate of drug-likeness (QED) is 0.332. The van der Waals surface area contributed by atoms with Gasteiger partial charge in [-0.05, 0) is 0 Å². The van der Waals surface area contributed by atoms with Crippen LogP contribution in [0, 0.1) is 10.1 Å². The van der Waals surface area contributed by atoms with Crippen molar-refractivity contribution in [1.82, 2.24) is 0 Å². The summed E-state index contributed by atoms with van der Waals surface area (Å²) in [5.41, 5.74) is 0. The molecular weight excluding hydrogens is 217 g/mol. The second kappa shape index (κ2) is 21.2. The van der Waals surface area contributed by atoms with Crippen molar-refractivity contribution in [3.05, 3.63) is 10.1 Å². The summed E-state index contributed by atoms with van der Waals surface area (Å²) in [5, 5.41) is 9.00. The molecule has 0 bridgehead atoms. The van der Waals surface area contributed by atoms with E-state index in [0.717, 1.165) is 5.34 Å². The molecule has 0 spiro atoms. The second-order valence-electron chi connectivity index (χ2n) is 0.0745. The van der Waals surface area contributed by atoms with Crippen molar-refractivity contribution in [2.75, 3.05) is 0 Å². The third-order valence-electron chi connectivity index (χ3n) is 0. The number of nitrogens with zero attached hydrogens (tertiary/aromatic N) is 1. The normalized spacial score (nSPS) is 2.40. The number of hydrogen-bond acceptors (Lipinski definition) is 3. The van der Waals surface area contributed by atoms with E-state index in [1.807, 2.05) is 0 Å². The molecule has 27 valence electrons.